The Balaban J connectivity index is 2.94. The number of nitrogens with zero attached hydrogens (tertiary/aromatic N) is 7. The highest BCUT2D eigenvalue weighted by Crippen LogP contribution is 2.08. The molecule has 7 heteroatoms. The summed E-state index contributed by atoms with van der Waals surface area (Å²) in [6.45, 7) is 4.80. The van der Waals surface area contributed by atoms with Gasteiger partial charge >= 0.3 is 0 Å². The van der Waals surface area contributed by atoms with Crippen LogP contribution in [0.1, 0.15) is 5.69 Å². The van der Waals surface area contributed by atoms with Crippen molar-refractivity contribution in [2.24, 2.45) is 15.4 Å². The lowest BCUT2D eigenvalue weighted by molar-refractivity contribution is 0.738. The van der Waals surface area contributed by atoms with E-state index in [1.54, 1.807) is 6.92 Å². The first kappa shape index (κ1) is 7.32. The van der Waals surface area contributed by atoms with Crippen LogP contribution >= 0.6 is 0 Å². The molecule has 0 aromatic carbocycles. The number of aryl methyl sites for hydroxylation is 1. The second kappa shape index (κ2) is 3.40. The maximum atomic E-state index is 3.59. The average molecular weight is 151 g/mol. The molecule has 0 atom stereocenters. The molecule has 0 aliphatic rings. The van der Waals surface area contributed by atoms with Crippen LogP contribution in [0, 0.1) is 6.92 Å². The molecule has 56 valence electrons. The molecule has 11 heavy (non-hydrogen) atoms. The summed E-state index contributed by atoms with van der Waals surface area (Å²) in [4.78, 5) is 0. The van der Waals surface area contributed by atoms with Gasteiger partial charge in [0.25, 0.3) is 0 Å². The van der Waals surface area contributed by atoms with Crippen molar-refractivity contribution in [1.82, 2.24) is 20.6 Å². The van der Waals surface area contributed by atoms with Gasteiger partial charge in [0.05, 0.1) is 0 Å². The van der Waals surface area contributed by atoms with E-state index in [0.717, 1.165) is 0 Å². The van der Waals surface area contributed by atoms with Crippen molar-refractivity contribution in [1.29, 1.82) is 0 Å². The molecule has 0 saturated carbocycles. The molecule has 0 amide bonds. The fraction of sp³-hybridized carbons (Fsp3) is 0.250. The maximum Gasteiger partial charge on any atom is 0.222 e. The zero-order valence-electron chi connectivity index (χ0n) is 5.84. The van der Waals surface area contributed by atoms with Gasteiger partial charge in [-0.3, -0.25) is 0 Å². The summed E-state index contributed by atoms with van der Waals surface area (Å²) >= 11 is 0. The third-order valence-electron chi connectivity index (χ3n) is 0.900. The molecule has 1 heterocycles. The van der Waals surface area contributed by atoms with E-state index in [2.05, 4.69) is 42.8 Å². The molecule has 0 radical (unpaired) electrons. The van der Waals surface area contributed by atoms with E-state index in [9.17, 15) is 0 Å². The largest absolute Gasteiger partial charge is 0.222 e. The highest BCUT2D eigenvalue weighted by Gasteiger charge is 1.97. The predicted molar refractivity (Wildman–Crippen MR) is 36.4 cm³/mol. The molecule has 0 bridgehead atoms. The van der Waals surface area contributed by atoms with Gasteiger partial charge in [0.1, 0.15) is 5.69 Å². The highest BCUT2D eigenvalue weighted by atomic mass is 15.5. The van der Waals surface area contributed by atoms with Gasteiger partial charge in [0, 0.05) is 6.72 Å². The van der Waals surface area contributed by atoms with Crippen LogP contribution in [0.4, 0.5) is 5.82 Å². The summed E-state index contributed by atoms with van der Waals surface area (Å²) in [5.41, 5.74) is 0.549. The number of hydrogen-bond acceptors (Lipinski definition) is 6. The minimum absolute atomic E-state index is 0.299. The standard InChI is InChI=1S/C4H5N7/c1-3-4(7-9-5-2)8-11-10-6-3/h2H2,1H3. The van der Waals surface area contributed by atoms with E-state index in [0.29, 0.717) is 11.5 Å². The first-order valence-corrected chi connectivity index (χ1v) is 2.74. The molecule has 1 aromatic heterocycles. The molecule has 1 rings (SSSR count). The van der Waals surface area contributed by atoms with Crippen LogP contribution in [-0.4, -0.2) is 27.3 Å². The van der Waals surface area contributed by atoms with Crippen molar-refractivity contribution in [3.8, 4) is 0 Å². The van der Waals surface area contributed by atoms with Crippen LogP contribution in [0.3, 0.4) is 0 Å². The molecule has 0 aliphatic carbocycles. The lowest BCUT2D eigenvalue weighted by Gasteiger charge is -1.88. The molecular weight excluding hydrogens is 146 g/mol. The second-order valence-corrected chi connectivity index (χ2v) is 1.62. The first-order chi connectivity index (χ1) is 5.34. The lowest BCUT2D eigenvalue weighted by atomic mass is 10.5. The van der Waals surface area contributed by atoms with E-state index in [-0.39, 0.29) is 0 Å². The molecule has 0 fully saturated rings. The molecule has 0 spiro atoms. The monoisotopic (exact) mass is 151 g/mol. The Labute approximate surface area is 62.3 Å². The summed E-state index contributed by atoms with van der Waals surface area (Å²) < 4.78 is 0. The van der Waals surface area contributed by atoms with Crippen LogP contribution in [0.5, 0.6) is 0 Å². The second-order valence-electron chi connectivity index (χ2n) is 1.62. The summed E-state index contributed by atoms with van der Waals surface area (Å²) in [5, 5.41) is 23.7. The average Bonchev–Trinajstić information content (AvgIpc) is 2.03. The third-order valence-corrected chi connectivity index (χ3v) is 0.900. The van der Waals surface area contributed by atoms with E-state index in [1.165, 1.54) is 0 Å². The van der Waals surface area contributed by atoms with Gasteiger partial charge in [0.2, 0.25) is 5.82 Å². The van der Waals surface area contributed by atoms with Crippen LogP contribution in [0.15, 0.2) is 15.4 Å². The Morgan fingerprint density at radius 3 is 2.64 bits per heavy atom. The van der Waals surface area contributed by atoms with Gasteiger partial charge in [0.15, 0.2) is 0 Å². The van der Waals surface area contributed by atoms with Crippen LogP contribution in [0.2, 0.25) is 0 Å². The normalized spacial score (nSPS) is 10.3. The van der Waals surface area contributed by atoms with Crippen LogP contribution in [0.25, 0.3) is 0 Å². The Morgan fingerprint density at radius 1 is 1.27 bits per heavy atom. The molecule has 0 N–H and O–H groups in total. The Morgan fingerprint density at radius 2 is 2.00 bits per heavy atom. The van der Waals surface area contributed by atoms with Gasteiger partial charge in [-0.15, -0.1) is 20.4 Å². The quantitative estimate of drug-likeness (QED) is 0.345. The van der Waals surface area contributed by atoms with E-state index < -0.39 is 0 Å². The Bertz CT molecular complexity index is 280. The molecule has 0 unspecified atom stereocenters. The number of hydrogen-bond donors (Lipinski definition) is 0. The van der Waals surface area contributed by atoms with Crippen molar-refractivity contribution in [2.45, 2.75) is 6.92 Å². The minimum Gasteiger partial charge on any atom is -0.147 e. The highest BCUT2D eigenvalue weighted by molar-refractivity contribution is 5.27. The summed E-state index contributed by atoms with van der Waals surface area (Å²) in [6, 6.07) is 0. The summed E-state index contributed by atoms with van der Waals surface area (Å²) in [5.74, 6) is 0.299. The van der Waals surface area contributed by atoms with E-state index in [4.69, 9.17) is 0 Å². The number of rotatable bonds is 2. The third kappa shape index (κ3) is 1.81. The fourth-order valence-corrected chi connectivity index (χ4v) is 0.433. The van der Waals surface area contributed by atoms with E-state index in [1.807, 2.05) is 0 Å². The zero-order chi connectivity index (χ0) is 8.10. The predicted octanol–water partition coefficient (Wildman–Crippen LogP) is 0.274. The molecule has 0 saturated heterocycles. The SMILES string of the molecule is C=NN=Nc1nnnnc1C. The molecule has 0 aliphatic heterocycles. The van der Waals surface area contributed by atoms with Gasteiger partial charge in [-0.2, -0.15) is 0 Å². The van der Waals surface area contributed by atoms with Crippen molar-refractivity contribution in [3.63, 3.8) is 0 Å². The van der Waals surface area contributed by atoms with Crippen LogP contribution in [-0.2, 0) is 0 Å². The van der Waals surface area contributed by atoms with Crippen molar-refractivity contribution >= 4 is 12.5 Å². The first-order valence-electron chi connectivity index (χ1n) is 2.74. The number of aromatic nitrogens is 4. The van der Waals surface area contributed by atoms with Crippen molar-refractivity contribution in [3.05, 3.63) is 5.69 Å². The molecule has 1 aromatic rings. The molecular formula is C4H5N7. The van der Waals surface area contributed by atoms with Crippen molar-refractivity contribution in [2.75, 3.05) is 0 Å². The van der Waals surface area contributed by atoms with Gasteiger partial charge < -0.3 is 0 Å². The fourth-order valence-electron chi connectivity index (χ4n) is 0.433. The van der Waals surface area contributed by atoms with Gasteiger partial charge in [-0.05, 0) is 22.6 Å². The smallest absolute Gasteiger partial charge is 0.147 e. The lowest BCUT2D eigenvalue weighted by Crippen LogP contribution is -1.93. The molecule has 7 nitrogen and oxygen atoms in total. The zero-order valence-corrected chi connectivity index (χ0v) is 5.84. The van der Waals surface area contributed by atoms with Gasteiger partial charge in [-0.25, -0.2) is 0 Å². The summed E-state index contributed by atoms with van der Waals surface area (Å²) in [7, 11) is 0. The maximum absolute atomic E-state index is 3.59. The van der Waals surface area contributed by atoms with E-state index >= 15 is 0 Å². The van der Waals surface area contributed by atoms with Crippen molar-refractivity contribution < 1.29 is 0 Å². The summed E-state index contributed by atoms with van der Waals surface area (Å²) in [6.07, 6.45) is 0. The van der Waals surface area contributed by atoms with Gasteiger partial charge in [-0.1, -0.05) is 0 Å². The Kier molecular flexibility index (Phi) is 2.26. The Hall–Kier alpha value is -1.79. The van der Waals surface area contributed by atoms with Crippen LogP contribution < -0.4 is 0 Å². The topological polar surface area (TPSA) is 88.6 Å². The minimum atomic E-state index is 0.299.